The van der Waals surface area contributed by atoms with Crippen molar-refractivity contribution in [2.75, 3.05) is 16.8 Å². The Bertz CT molecular complexity index is 975. The molecule has 3 aromatic carbocycles. The second-order valence-corrected chi connectivity index (χ2v) is 7.20. The van der Waals surface area contributed by atoms with Crippen molar-refractivity contribution in [2.24, 2.45) is 0 Å². The molecule has 28 heavy (non-hydrogen) atoms. The summed E-state index contributed by atoms with van der Waals surface area (Å²) in [6, 6.07) is 23.4. The standard InChI is InChI=1S/C23H21ClN2O2/c24-20-10-4-5-11-21(20)25-23(27)28-19-12-13-22-18(15-19)9-6-14-26(22)16-17-7-2-1-3-8-17/h1-5,7-8,10-13,15H,6,9,14,16H2,(H,25,27). The summed E-state index contributed by atoms with van der Waals surface area (Å²) >= 11 is 6.07. The first-order chi connectivity index (χ1) is 13.7. The van der Waals surface area contributed by atoms with Gasteiger partial charge in [0.05, 0.1) is 10.7 Å². The Balaban J connectivity index is 1.46. The molecule has 0 bridgehead atoms. The maximum atomic E-state index is 12.2. The third kappa shape index (κ3) is 4.29. The van der Waals surface area contributed by atoms with Crippen molar-refractivity contribution in [1.29, 1.82) is 0 Å². The highest BCUT2D eigenvalue weighted by Gasteiger charge is 2.18. The molecule has 1 aliphatic rings. The average Bonchev–Trinajstić information content (AvgIpc) is 2.70. The van der Waals surface area contributed by atoms with Crippen LogP contribution in [0.4, 0.5) is 16.2 Å². The highest BCUT2D eigenvalue weighted by atomic mass is 35.5. The van der Waals surface area contributed by atoms with Gasteiger partial charge in [-0.1, -0.05) is 54.1 Å². The van der Waals surface area contributed by atoms with Gasteiger partial charge < -0.3 is 9.64 Å². The van der Waals surface area contributed by atoms with E-state index >= 15 is 0 Å². The van der Waals surface area contributed by atoms with Gasteiger partial charge in [-0.3, -0.25) is 5.32 Å². The second kappa shape index (κ2) is 8.36. The van der Waals surface area contributed by atoms with Crippen molar-refractivity contribution < 1.29 is 9.53 Å². The van der Waals surface area contributed by atoms with Gasteiger partial charge in [0.2, 0.25) is 0 Å². The molecule has 142 valence electrons. The fraction of sp³-hybridized carbons (Fsp3) is 0.174. The molecule has 0 aliphatic carbocycles. The van der Waals surface area contributed by atoms with Crippen molar-refractivity contribution in [3.8, 4) is 5.75 Å². The molecule has 4 rings (SSSR count). The predicted molar refractivity (Wildman–Crippen MR) is 113 cm³/mol. The van der Waals surface area contributed by atoms with Crippen molar-refractivity contribution in [3.63, 3.8) is 0 Å². The number of rotatable bonds is 4. The largest absolute Gasteiger partial charge is 0.417 e. The highest BCUT2D eigenvalue weighted by Crippen LogP contribution is 2.32. The molecule has 1 aliphatic heterocycles. The molecule has 0 fully saturated rings. The monoisotopic (exact) mass is 392 g/mol. The molecule has 0 spiro atoms. The van der Waals surface area contributed by atoms with Gasteiger partial charge in [0.15, 0.2) is 0 Å². The fourth-order valence-corrected chi connectivity index (χ4v) is 3.67. The summed E-state index contributed by atoms with van der Waals surface area (Å²) in [5.74, 6) is 0.532. The third-order valence-electron chi connectivity index (χ3n) is 4.80. The molecular weight excluding hydrogens is 372 g/mol. The van der Waals surface area contributed by atoms with Gasteiger partial charge in [0.25, 0.3) is 0 Å². The lowest BCUT2D eigenvalue weighted by molar-refractivity contribution is 0.215. The topological polar surface area (TPSA) is 41.6 Å². The number of carbonyl (C=O) groups excluding carboxylic acids is 1. The number of halogens is 1. The number of ether oxygens (including phenoxy) is 1. The van der Waals surface area contributed by atoms with Crippen molar-refractivity contribution in [1.82, 2.24) is 0 Å². The zero-order chi connectivity index (χ0) is 19.3. The minimum absolute atomic E-state index is 0.474. The predicted octanol–water partition coefficient (Wildman–Crippen LogP) is 5.90. The van der Waals surface area contributed by atoms with E-state index in [0.717, 1.165) is 25.9 Å². The van der Waals surface area contributed by atoms with Crippen molar-refractivity contribution in [2.45, 2.75) is 19.4 Å². The van der Waals surface area contributed by atoms with E-state index in [0.29, 0.717) is 16.5 Å². The molecule has 0 saturated carbocycles. The zero-order valence-electron chi connectivity index (χ0n) is 15.4. The Morgan fingerprint density at radius 3 is 2.64 bits per heavy atom. The van der Waals surface area contributed by atoms with E-state index in [4.69, 9.17) is 16.3 Å². The zero-order valence-corrected chi connectivity index (χ0v) is 16.2. The van der Waals surface area contributed by atoms with E-state index in [2.05, 4.69) is 34.5 Å². The SMILES string of the molecule is O=C(Nc1ccccc1Cl)Oc1ccc2c(c1)CCCN2Cc1ccccc1. The van der Waals surface area contributed by atoms with Gasteiger partial charge in [-0.05, 0) is 54.3 Å². The van der Waals surface area contributed by atoms with Gasteiger partial charge in [-0.2, -0.15) is 0 Å². The third-order valence-corrected chi connectivity index (χ3v) is 5.13. The van der Waals surface area contributed by atoms with Gasteiger partial charge in [0.1, 0.15) is 5.75 Å². The minimum Gasteiger partial charge on any atom is -0.410 e. The van der Waals surface area contributed by atoms with Crippen LogP contribution in [0, 0.1) is 0 Å². The van der Waals surface area contributed by atoms with Crippen LogP contribution in [0.1, 0.15) is 17.5 Å². The Morgan fingerprint density at radius 1 is 1.04 bits per heavy atom. The summed E-state index contributed by atoms with van der Waals surface area (Å²) < 4.78 is 5.47. The van der Waals surface area contributed by atoms with Gasteiger partial charge in [-0.15, -0.1) is 0 Å². The molecular formula is C23H21ClN2O2. The number of nitrogens with zero attached hydrogens (tertiary/aromatic N) is 1. The first kappa shape index (κ1) is 18.4. The summed E-state index contributed by atoms with van der Waals surface area (Å²) in [7, 11) is 0. The smallest absolute Gasteiger partial charge is 0.410 e. The van der Waals surface area contributed by atoms with Crippen molar-refractivity contribution in [3.05, 3.63) is 88.9 Å². The van der Waals surface area contributed by atoms with E-state index in [1.807, 2.05) is 36.4 Å². The molecule has 0 saturated heterocycles. The lowest BCUT2D eigenvalue weighted by atomic mass is 10.0. The fourth-order valence-electron chi connectivity index (χ4n) is 3.49. The quantitative estimate of drug-likeness (QED) is 0.600. The summed E-state index contributed by atoms with van der Waals surface area (Å²) in [4.78, 5) is 14.6. The van der Waals surface area contributed by atoms with Crippen LogP contribution in [0.3, 0.4) is 0 Å². The number of hydrogen-bond donors (Lipinski definition) is 1. The van der Waals surface area contributed by atoms with Crippen LogP contribution in [0.5, 0.6) is 5.75 Å². The number of anilines is 2. The van der Waals surface area contributed by atoms with Crippen molar-refractivity contribution >= 4 is 29.1 Å². The van der Waals surface area contributed by atoms with Crippen LogP contribution >= 0.6 is 11.6 Å². The van der Waals surface area contributed by atoms with Crippen LogP contribution in [0.2, 0.25) is 5.02 Å². The normalized spacial score (nSPS) is 13.0. The molecule has 1 heterocycles. The van der Waals surface area contributed by atoms with Crippen LogP contribution in [0.25, 0.3) is 0 Å². The number of para-hydroxylation sites is 1. The lowest BCUT2D eigenvalue weighted by Crippen LogP contribution is -2.28. The first-order valence-electron chi connectivity index (χ1n) is 9.34. The van der Waals surface area contributed by atoms with Crippen LogP contribution in [-0.2, 0) is 13.0 Å². The summed E-state index contributed by atoms with van der Waals surface area (Å²) in [5, 5.41) is 3.15. The Labute approximate surface area is 169 Å². The molecule has 1 N–H and O–H groups in total. The van der Waals surface area contributed by atoms with E-state index in [1.54, 1.807) is 12.1 Å². The van der Waals surface area contributed by atoms with Crippen LogP contribution in [0.15, 0.2) is 72.8 Å². The van der Waals surface area contributed by atoms with E-state index in [9.17, 15) is 4.79 Å². The molecule has 0 atom stereocenters. The maximum Gasteiger partial charge on any atom is 0.417 e. The number of hydrogen-bond acceptors (Lipinski definition) is 3. The number of benzene rings is 3. The van der Waals surface area contributed by atoms with Crippen LogP contribution < -0.4 is 15.0 Å². The number of amides is 1. The molecule has 0 aromatic heterocycles. The summed E-state index contributed by atoms with van der Waals surface area (Å²) in [6.07, 6.45) is 1.50. The van der Waals surface area contributed by atoms with Crippen LogP contribution in [-0.4, -0.2) is 12.6 Å². The molecule has 4 nitrogen and oxygen atoms in total. The first-order valence-corrected chi connectivity index (χ1v) is 9.72. The number of nitrogens with one attached hydrogen (secondary N) is 1. The molecule has 1 amide bonds. The maximum absolute atomic E-state index is 12.2. The summed E-state index contributed by atoms with van der Waals surface area (Å²) in [6.45, 7) is 1.90. The van der Waals surface area contributed by atoms with Gasteiger partial charge in [0, 0.05) is 18.8 Å². The lowest BCUT2D eigenvalue weighted by Gasteiger charge is -2.31. The minimum atomic E-state index is -0.551. The Hall–Kier alpha value is -2.98. The van der Waals surface area contributed by atoms with E-state index in [1.165, 1.54) is 16.8 Å². The Kier molecular flexibility index (Phi) is 5.49. The molecule has 0 unspecified atom stereocenters. The molecule has 0 radical (unpaired) electrons. The second-order valence-electron chi connectivity index (χ2n) is 6.80. The number of aryl methyl sites for hydroxylation is 1. The number of fused-ring (bicyclic) bond motifs is 1. The average molecular weight is 393 g/mol. The Morgan fingerprint density at radius 2 is 1.82 bits per heavy atom. The number of carbonyl (C=O) groups is 1. The highest BCUT2D eigenvalue weighted by molar-refractivity contribution is 6.33. The molecule has 5 heteroatoms. The van der Waals surface area contributed by atoms with E-state index in [-0.39, 0.29) is 0 Å². The van der Waals surface area contributed by atoms with Gasteiger partial charge in [-0.25, -0.2) is 4.79 Å². The molecule has 3 aromatic rings. The van der Waals surface area contributed by atoms with Gasteiger partial charge >= 0.3 is 6.09 Å². The van der Waals surface area contributed by atoms with E-state index < -0.39 is 6.09 Å². The summed E-state index contributed by atoms with van der Waals surface area (Å²) in [5.41, 5.74) is 4.22.